The molecule has 0 atom stereocenters. The molecule has 0 aliphatic rings. The lowest BCUT2D eigenvalue weighted by atomic mass is 10.2. The van der Waals surface area contributed by atoms with E-state index in [0.717, 1.165) is 16.2 Å². The van der Waals surface area contributed by atoms with Gasteiger partial charge in [0.05, 0.1) is 6.54 Å². The summed E-state index contributed by atoms with van der Waals surface area (Å²) < 4.78 is 5.68. The zero-order valence-electron chi connectivity index (χ0n) is 12.4. The van der Waals surface area contributed by atoms with E-state index in [1.54, 1.807) is 48.0 Å². The number of benzene rings is 1. The monoisotopic (exact) mass is 324 g/mol. The van der Waals surface area contributed by atoms with Crippen LogP contribution in [0.3, 0.4) is 0 Å². The summed E-state index contributed by atoms with van der Waals surface area (Å²) in [6.45, 7) is 1.01. The molecule has 3 aromatic rings. The van der Waals surface area contributed by atoms with E-state index in [0.29, 0.717) is 18.7 Å². The summed E-state index contributed by atoms with van der Waals surface area (Å²) in [5.74, 6) is 0.640. The van der Waals surface area contributed by atoms with Crippen LogP contribution in [0.5, 0.6) is 5.75 Å². The number of nitrogens with zero attached hydrogens (tertiary/aromatic N) is 1. The fourth-order valence-corrected chi connectivity index (χ4v) is 2.68. The van der Waals surface area contributed by atoms with Crippen molar-refractivity contribution in [1.29, 1.82) is 0 Å². The summed E-state index contributed by atoms with van der Waals surface area (Å²) in [6.07, 6.45) is 3.50. The van der Waals surface area contributed by atoms with Gasteiger partial charge in [-0.1, -0.05) is 12.1 Å². The molecule has 0 radical (unpaired) electrons. The molecule has 2 aromatic heterocycles. The van der Waals surface area contributed by atoms with Crippen molar-refractivity contribution in [2.45, 2.75) is 13.2 Å². The number of carbonyl (C=O) groups excluding carboxylic acids is 1. The van der Waals surface area contributed by atoms with Crippen LogP contribution in [-0.4, -0.2) is 10.9 Å². The van der Waals surface area contributed by atoms with Crippen LogP contribution < -0.4 is 10.1 Å². The molecule has 0 bridgehead atoms. The first kappa shape index (κ1) is 15.2. The Labute approximate surface area is 138 Å². The third-order valence-corrected chi connectivity index (χ3v) is 4.12. The fourth-order valence-electron chi connectivity index (χ4n) is 2.04. The molecule has 0 saturated heterocycles. The highest BCUT2D eigenvalue weighted by atomic mass is 32.1. The van der Waals surface area contributed by atoms with E-state index >= 15 is 0 Å². The Morgan fingerprint density at radius 3 is 2.70 bits per heavy atom. The van der Waals surface area contributed by atoms with E-state index < -0.39 is 0 Å². The predicted octanol–water partition coefficient (Wildman–Crippen LogP) is 3.65. The Balaban J connectivity index is 1.53. The molecule has 0 spiro atoms. The highest BCUT2D eigenvalue weighted by Crippen LogP contribution is 2.14. The molecule has 5 heteroatoms. The fraction of sp³-hybridized carbons (Fsp3) is 0.111. The van der Waals surface area contributed by atoms with Crippen molar-refractivity contribution < 1.29 is 9.53 Å². The highest BCUT2D eigenvalue weighted by molar-refractivity contribution is 7.09. The van der Waals surface area contributed by atoms with Crippen molar-refractivity contribution in [2.24, 2.45) is 0 Å². The predicted molar refractivity (Wildman–Crippen MR) is 90.5 cm³/mol. The molecular formula is C18H16N2O2S. The lowest BCUT2D eigenvalue weighted by Crippen LogP contribution is -2.22. The Hall–Kier alpha value is -2.66. The summed E-state index contributed by atoms with van der Waals surface area (Å²) >= 11 is 1.63. The van der Waals surface area contributed by atoms with Crippen LogP contribution in [0.1, 0.15) is 20.8 Å². The van der Waals surface area contributed by atoms with Gasteiger partial charge in [0.15, 0.2) is 0 Å². The first-order valence-electron chi connectivity index (χ1n) is 7.23. The van der Waals surface area contributed by atoms with Crippen LogP contribution in [0.4, 0.5) is 0 Å². The lowest BCUT2D eigenvalue weighted by molar-refractivity contribution is 0.0951. The molecule has 4 nitrogen and oxygen atoms in total. The minimum absolute atomic E-state index is 0.0859. The molecule has 23 heavy (non-hydrogen) atoms. The Kier molecular flexibility index (Phi) is 5.01. The number of pyridine rings is 1. The smallest absolute Gasteiger partial charge is 0.251 e. The Bertz CT molecular complexity index is 740. The van der Waals surface area contributed by atoms with Gasteiger partial charge in [0.2, 0.25) is 0 Å². The van der Waals surface area contributed by atoms with E-state index in [9.17, 15) is 4.79 Å². The molecule has 1 aromatic carbocycles. The standard InChI is InChI=1S/C18H16N2O2S/c21-18(20-12-17-4-2-10-23-17)15-5-7-16(8-6-15)22-13-14-3-1-9-19-11-14/h1-11H,12-13H2,(H,20,21). The third kappa shape index (κ3) is 4.40. The van der Waals surface area contributed by atoms with Gasteiger partial charge in [-0.25, -0.2) is 0 Å². The third-order valence-electron chi connectivity index (χ3n) is 3.25. The molecule has 3 rings (SSSR count). The maximum Gasteiger partial charge on any atom is 0.251 e. The first-order chi connectivity index (χ1) is 11.3. The van der Waals surface area contributed by atoms with Crippen molar-refractivity contribution in [3.8, 4) is 5.75 Å². The highest BCUT2D eigenvalue weighted by Gasteiger charge is 2.06. The van der Waals surface area contributed by atoms with Crippen LogP contribution in [0.2, 0.25) is 0 Å². The normalized spacial score (nSPS) is 10.3. The van der Waals surface area contributed by atoms with E-state index in [-0.39, 0.29) is 5.91 Å². The van der Waals surface area contributed by atoms with Crippen LogP contribution in [0.25, 0.3) is 0 Å². The van der Waals surface area contributed by atoms with Crippen LogP contribution >= 0.6 is 11.3 Å². The van der Waals surface area contributed by atoms with Crippen molar-refractivity contribution in [1.82, 2.24) is 10.3 Å². The molecule has 0 fully saturated rings. The van der Waals surface area contributed by atoms with E-state index in [1.807, 2.05) is 29.6 Å². The summed E-state index contributed by atoms with van der Waals surface area (Å²) in [5.41, 5.74) is 1.63. The first-order valence-corrected chi connectivity index (χ1v) is 8.11. The zero-order chi connectivity index (χ0) is 15.9. The van der Waals surface area contributed by atoms with E-state index in [2.05, 4.69) is 10.3 Å². The van der Waals surface area contributed by atoms with Crippen molar-refractivity contribution in [2.75, 3.05) is 0 Å². The molecule has 116 valence electrons. The second-order valence-electron chi connectivity index (χ2n) is 4.94. The number of thiophene rings is 1. The molecule has 0 aliphatic heterocycles. The molecule has 0 unspecified atom stereocenters. The number of carbonyl (C=O) groups is 1. The number of aromatic nitrogens is 1. The zero-order valence-corrected chi connectivity index (χ0v) is 13.3. The Morgan fingerprint density at radius 2 is 2.00 bits per heavy atom. The second kappa shape index (κ2) is 7.56. The largest absolute Gasteiger partial charge is 0.489 e. The number of rotatable bonds is 6. The summed E-state index contributed by atoms with van der Waals surface area (Å²) in [5, 5.41) is 4.90. The molecule has 0 aliphatic carbocycles. The summed E-state index contributed by atoms with van der Waals surface area (Å²) in [4.78, 5) is 17.3. The SMILES string of the molecule is O=C(NCc1cccs1)c1ccc(OCc2cccnc2)cc1. The van der Waals surface area contributed by atoms with Gasteiger partial charge in [-0.15, -0.1) is 11.3 Å². The quantitative estimate of drug-likeness (QED) is 0.753. The van der Waals surface area contributed by atoms with Crippen LogP contribution in [-0.2, 0) is 13.2 Å². The maximum atomic E-state index is 12.1. The number of ether oxygens (including phenoxy) is 1. The number of hydrogen-bond donors (Lipinski definition) is 1. The van der Waals surface area contributed by atoms with Gasteiger partial charge >= 0.3 is 0 Å². The maximum absolute atomic E-state index is 12.1. The summed E-state index contributed by atoms with van der Waals surface area (Å²) in [6, 6.07) is 14.9. The van der Waals surface area contributed by atoms with E-state index in [4.69, 9.17) is 4.74 Å². The number of hydrogen-bond acceptors (Lipinski definition) is 4. The van der Waals surface area contributed by atoms with Gasteiger partial charge in [0, 0.05) is 28.4 Å². The minimum atomic E-state index is -0.0859. The molecule has 1 N–H and O–H groups in total. The molecule has 2 heterocycles. The van der Waals surface area contributed by atoms with Crippen molar-refractivity contribution >= 4 is 17.2 Å². The Morgan fingerprint density at radius 1 is 1.13 bits per heavy atom. The number of amides is 1. The van der Waals surface area contributed by atoms with Crippen molar-refractivity contribution in [3.05, 3.63) is 82.3 Å². The van der Waals surface area contributed by atoms with Gasteiger partial charge in [-0.3, -0.25) is 9.78 Å². The molecule has 0 saturated carbocycles. The van der Waals surface area contributed by atoms with Crippen molar-refractivity contribution in [3.63, 3.8) is 0 Å². The summed E-state index contributed by atoms with van der Waals surface area (Å²) in [7, 11) is 0. The van der Waals surface area contributed by atoms with Gasteiger partial charge in [-0.2, -0.15) is 0 Å². The van der Waals surface area contributed by atoms with Crippen LogP contribution in [0.15, 0.2) is 66.3 Å². The number of nitrogens with one attached hydrogen (secondary N) is 1. The topological polar surface area (TPSA) is 51.2 Å². The average molecular weight is 324 g/mol. The lowest BCUT2D eigenvalue weighted by Gasteiger charge is -2.07. The van der Waals surface area contributed by atoms with Gasteiger partial charge in [-0.05, 0) is 41.8 Å². The van der Waals surface area contributed by atoms with E-state index in [1.165, 1.54) is 0 Å². The average Bonchev–Trinajstić information content (AvgIpc) is 3.13. The van der Waals surface area contributed by atoms with Gasteiger partial charge < -0.3 is 10.1 Å². The molecule has 1 amide bonds. The van der Waals surface area contributed by atoms with Gasteiger partial charge in [0.25, 0.3) is 5.91 Å². The van der Waals surface area contributed by atoms with Crippen LogP contribution in [0, 0.1) is 0 Å². The molecular weight excluding hydrogens is 308 g/mol. The second-order valence-corrected chi connectivity index (χ2v) is 5.97. The minimum Gasteiger partial charge on any atom is -0.489 e. The van der Waals surface area contributed by atoms with Gasteiger partial charge in [0.1, 0.15) is 12.4 Å².